The predicted molar refractivity (Wildman–Crippen MR) is 117 cm³/mol. The summed E-state index contributed by atoms with van der Waals surface area (Å²) in [6, 6.07) is 5.27. The minimum absolute atomic E-state index is 0.0357. The van der Waals surface area contributed by atoms with Gasteiger partial charge in [-0.1, -0.05) is 0 Å². The number of amides is 2. The van der Waals surface area contributed by atoms with Crippen molar-refractivity contribution in [2.24, 2.45) is 5.73 Å². The van der Waals surface area contributed by atoms with Gasteiger partial charge in [-0.3, -0.25) is 9.59 Å². The van der Waals surface area contributed by atoms with E-state index in [0.29, 0.717) is 37.7 Å². The molecule has 9 heteroatoms. The largest absolute Gasteiger partial charge is 0.349 e. The number of piperidine rings is 1. The Hall–Kier alpha value is -1.97. The van der Waals surface area contributed by atoms with Crippen LogP contribution in [-0.2, 0) is 21.2 Å². The Morgan fingerprint density at radius 2 is 1.74 bits per heavy atom. The number of fused-ring (bicyclic) bond motifs is 3. The summed E-state index contributed by atoms with van der Waals surface area (Å²) in [5.41, 5.74) is 8.11. The summed E-state index contributed by atoms with van der Waals surface area (Å²) in [6.07, 6.45) is 6.15. The van der Waals surface area contributed by atoms with Gasteiger partial charge in [-0.25, -0.2) is 8.42 Å². The quantitative estimate of drug-likeness (QED) is 0.647. The maximum atomic E-state index is 13.4. The van der Waals surface area contributed by atoms with Crippen molar-refractivity contribution in [1.82, 2.24) is 9.62 Å². The zero-order chi connectivity index (χ0) is 21.8. The van der Waals surface area contributed by atoms with Gasteiger partial charge < -0.3 is 16.4 Å². The highest BCUT2D eigenvalue weighted by Gasteiger charge is 2.49. The van der Waals surface area contributed by atoms with Crippen LogP contribution >= 0.6 is 0 Å². The van der Waals surface area contributed by atoms with E-state index in [0.717, 1.165) is 36.9 Å². The fraction of sp³-hybridized carbons (Fsp3) is 0.636. The van der Waals surface area contributed by atoms with Crippen LogP contribution in [-0.4, -0.2) is 54.0 Å². The molecule has 8 nitrogen and oxygen atoms in total. The second-order valence-corrected chi connectivity index (χ2v) is 11.7. The third-order valence-corrected chi connectivity index (χ3v) is 9.93. The van der Waals surface area contributed by atoms with Crippen molar-refractivity contribution in [3.8, 4) is 0 Å². The predicted octanol–water partition coefficient (Wildman–Crippen LogP) is 1.51. The number of anilines is 1. The fourth-order valence-electron chi connectivity index (χ4n) is 5.87. The molecule has 168 valence electrons. The number of rotatable bonds is 4. The summed E-state index contributed by atoms with van der Waals surface area (Å²) in [5, 5.41) is 5.57. The normalized spacial score (nSPS) is 33.1. The van der Waals surface area contributed by atoms with Gasteiger partial charge in [-0.15, -0.1) is 0 Å². The van der Waals surface area contributed by atoms with E-state index in [4.69, 9.17) is 5.73 Å². The first-order valence-corrected chi connectivity index (χ1v) is 12.8. The summed E-state index contributed by atoms with van der Waals surface area (Å²) in [5.74, 6) is -0.221. The van der Waals surface area contributed by atoms with Crippen LogP contribution in [0.3, 0.4) is 0 Å². The Bertz CT molecular complexity index is 989. The van der Waals surface area contributed by atoms with E-state index in [1.54, 1.807) is 22.5 Å². The molecule has 1 aromatic rings. The van der Waals surface area contributed by atoms with E-state index >= 15 is 0 Å². The first kappa shape index (κ1) is 20.9. The lowest BCUT2D eigenvalue weighted by Gasteiger charge is -2.41. The summed E-state index contributed by atoms with van der Waals surface area (Å²) < 4.78 is 28.5. The standard InChI is InChI=1S/C22H30N4O4S/c23-15-2-6-19(7-3-15)31(29,30)26-17-4-5-18(26)12-16(11-17)24-22(28)13-1-8-20-14(9-13)10-21(27)25-20/h1,8-9,15-19H,2-7,10-12,23H2,(H,24,28)(H,25,27)/t15-,16-,17+,18-,19+. The molecule has 1 aromatic carbocycles. The highest BCUT2D eigenvalue weighted by Crippen LogP contribution is 2.41. The molecule has 3 atom stereocenters. The molecule has 4 N–H and O–H groups in total. The number of carbonyl (C=O) groups excluding carboxylic acids is 2. The summed E-state index contributed by atoms with van der Waals surface area (Å²) in [6.45, 7) is 0. The second-order valence-electron chi connectivity index (χ2n) is 9.54. The van der Waals surface area contributed by atoms with E-state index in [1.807, 2.05) is 0 Å². The number of carbonyl (C=O) groups is 2. The van der Waals surface area contributed by atoms with Gasteiger partial charge in [0, 0.05) is 35.4 Å². The Balaban J connectivity index is 1.25. The highest BCUT2D eigenvalue weighted by molar-refractivity contribution is 7.89. The fourth-order valence-corrected chi connectivity index (χ4v) is 8.29. The third kappa shape index (κ3) is 3.87. The van der Waals surface area contributed by atoms with Gasteiger partial charge in [-0.05, 0) is 75.1 Å². The molecule has 1 aliphatic carbocycles. The van der Waals surface area contributed by atoms with Gasteiger partial charge in [0.15, 0.2) is 0 Å². The van der Waals surface area contributed by atoms with Gasteiger partial charge in [-0.2, -0.15) is 4.31 Å². The number of nitrogens with one attached hydrogen (secondary N) is 2. The van der Waals surface area contributed by atoms with Crippen molar-refractivity contribution in [1.29, 1.82) is 0 Å². The number of benzene rings is 1. The molecule has 4 aliphatic rings. The number of nitrogens with two attached hydrogens (primary N) is 1. The monoisotopic (exact) mass is 446 g/mol. The molecular formula is C22H30N4O4S. The molecule has 5 rings (SSSR count). The maximum Gasteiger partial charge on any atom is 0.251 e. The van der Waals surface area contributed by atoms with Crippen LogP contribution in [0.25, 0.3) is 0 Å². The van der Waals surface area contributed by atoms with Crippen molar-refractivity contribution in [2.75, 3.05) is 5.32 Å². The lowest BCUT2D eigenvalue weighted by Crippen LogP contribution is -2.55. The zero-order valence-electron chi connectivity index (χ0n) is 17.5. The molecule has 2 amide bonds. The molecule has 0 unspecified atom stereocenters. The topological polar surface area (TPSA) is 122 Å². The summed E-state index contributed by atoms with van der Waals surface area (Å²) in [4.78, 5) is 24.4. The van der Waals surface area contributed by atoms with Gasteiger partial charge in [0.25, 0.3) is 5.91 Å². The van der Waals surface area contributed by atoms with E-state index < -0.39 is 10.0 Å². The SMILES string of the molecule is N[C@H]1CC[C@@H](S(=O)(=O)N2[C@@H]3CC[C@H]2C[C@@H](NC(=O)c2ccc4c(c2)CC(=O)N4)C3)CC1. The van der Waals surface area contributed by atoms with Gasteiger partial charge in [0.2, 0.25) is 15.9 Å². The molecule has 3 heterocycles. The number of sulfonamides is 1. The minimum atomic E-state index is -3.33. The van der Waals surface area contributed by atoms with Gasteiger partial charge in [0.1, 0.15) is 0 Å². The third-order valence-electron chi connectivity index (χ3n) is 7.43. The molecular weight excluding hydrogens is 416 g/mol. The van der Waals surface area contributed by atoms with E-state index in [9.17, 15) is 18.0 Å². The van der Waals surface area contributed by atoms with Crippen molar-refractivity contribution in [2.45, 2.75) is 87.2 Å². The van der Waals surface area contributed by atoms with Gasteiger partial charge >= 0.3 is 0 Å². The van der Waals surface area contributed by atoms with E-state index in [2.05, 4.69) is 10.6 Å². The molecule has 3 aliphatic heterocycles. The highest BCUT2D eigenvalue weighted by atomic mass is 32.2. The smallest absolute Gasteiger partial charge is 0.251 e. The molecule has 2 bridgehead atoms. The minimum Gasteiger partial charge on any atom is -0.349 e. The first-order valence-electron chi connectivity index (χ1n) is 11.3. The Morgan fingerprint density at radius 3 is 2.42 bits per heavy atom. The van der Waals surface area contributed by atoms with Crippen molar-refractivity contribution in [3.63, 3.8) is 0 Å². The lowest BCUT2D eigenvalue weighted by atomic mass is 9.96. The summed E-state index contributed by atoms with van der Waals surface area (Å²) >= 11 is 0. The Labute approximate surface area is 183 Å². The molecule has 3 fully saturated rings. The van der Waals surface area contributed by atoms with E-state index in [1.165, 1.54) is 0 Å². The van der Waals surface area contributed by atoms with Crippen LogP contribution in [0, 0.1) is 0 Å². The van der Waals surface area contributed by atoms with Crippen molar-refractivity contribution in [3.05, 3.63) is 29.3 Å². The molecule has 1 saturated carbocycles. The van der Waals surface area contributed by atoms with Crippen molar-refractivity contribution < 1.29 is 18.0 Å². The van der Waals surface area contributed by atoms with Gasteiger partial charge in [0.05, 0.1) is 11.7 Å². The molecule has 0 radical (unpaired) electrons. The Morgan fingerprint density at radius 1 is 1.06 bits per heavy atom. The number of hydrogen-bond donors (Lipinski definition) is 3. The van der Waals surface area contributed by atoms with Crippen LogP contribution in [0.1, 0.15) is 67.3 Å². The van der Waals surface area contributed by atoms with Crippen LogP contribution in [0.5, 0.6) is 0 Å². The van der Waals surface area contributed by atoms with Crippen LogP contribution < -0.4 is 16.4 Å². The Kier molecular flexibility index (Phi) is 5.30. The number of hydrogen-bond acceptors (Lipinski definition) is 5. The summed E-state index contributed by atoms with van der Waals surface area (Å²) in [7, 11) is -3.33. The second kappa shape index (κ2) is 7.86. The van der Waals surface area contributed by atoms with Crippen LogP contribution in [0.4, 0.5) is 5.69 Å². The lowest BCUT2D eigenvalue weighted by molar-refractivity contribution is -0.115. The average Bonchev–Trinajstić information content (AvgIpc) is 3.24. The number of nitrogens with zero attached hydrogens (tertiary/aromatic N) is 1. The first-order chi connectivity index (χ1) is 14.8. The average molecular weight is 447 g/mol. The molecule has 0 spiro atoms. The van der Waals surface area contributed by atoms with Crippen LogP contribution in [0.15, 0.2) is 18.2 Å². The molecule has 2 saturated heterocycles. The zero-order valence-corrected chi connectivity index (χ0v) is 18.4. The van der Waals surface area contributed by atoms with E-state index in [-0.39, 0.29) is 41.2 Å². The molecule has 31 heavy (non-hydrogen) atoms. The maximum absolute atomic E-state index is 13.4. The molecule has 0 aromatic heterocycles. The van der Waals surface area contributed by atoms with Crippen LogP contribution in [0.2, 0.25) is 0 Å². The van der Waals surface area contributed by atoms with Crippen molar-refractivity contribution >= 4 is 27.5 Å².